The molecule has 0 spiro atoms. The molecule has 1 aliphatic heterocycles. The van der Waals surface area contributed by atoms with Gasteiger partial charge >= 0.3 is 0 Å². The summed E-state index contributed by atoms with van der Waals surface area (Å²) in [7, 11) is 1.75. The van der Waals surface area contributed by atoms with Crippen LogP contribution in [0.5, 0.6) is 0 Å². The van der Waals surface area contributed by atoms with Gasteiger partial charge in [0.1, 0.15) is 5.69 Å². The van der Waals surface area contributed by atoms with Crippen molar-refractivity contribution in [2.75, 3.05) is 20.1 Å². The van der Waals surface area contributed by atoms with E-state index in [1.165, 1.54) is 0 Å². The van der Waals surface area contributed by atoms with E-state index in [9.17, 15) is 9.59 Å². The molecule has 136 valence electrons. The minimum Gasteiger partial charge on any atom is -0.339 e. The van der Waals surface area contributed by atoms with E-state index >= 15 is 0 Å². The van der Waals surface area contributed by atoms with Crippen LogP contribution in [0.2, 0.25) is 0 Å². The molecule has 2 heterocycles. The smallest absolute Gasteiger partial charge is 0.272 e. The Morgan fingerprint density at radius 3 is 2.54 bits per heavy atom. The monoisotopic (exact) mass is 351 g/mol. The molecule has 2 aromatic rings. The van der Waals surface area contributed by atoms with E-state index in [1.54, 1.807) is 30.3 Å². The SMILES string of the molecule is CC1CCN(C(=O)c2ccnc(C(=O)N(C)Cc3ccccc3)c2)CC1. The normalized spacial score (nSPS) is 14.9. The van der Waals surface area contributed by atoms with E-state index in [2.05, 4.69) is 11.9 Å². The zero-order chi connectivity index (χ0) is 18.5. The second kappa shape index (κ2) is 8.13. The first-order valence-corrected chi connectivity index (χ1v) is 9.09. The Morgan fingerprint density at radius 1 is 1.15 bits per heavy atom. The highest BCUT2D eigenvalue weighted by Crippen LogP contribution is 2.18. The van der Waals surface area contributed by atoms with Gasteiger partial charge < -0.3 is 9.80 Å². The van der Waals surface area contributed by atoms with Crippen molar-refractivity contribution in [3.63, 3.8) is 0 Å². The molecule has 0 unspecified atom stereocenters. The summed E-state index contributed by atoms with van der Waals surface area (Å²) in [4.78, 5) is 33.1. The first kappa shape index (κ1) is 18.1. The molecule has 1 fully saturated rings. The number of carbonyl (C=O) groups is 2. The standard InChI is InChI=1S/C21H25N3O2/c1-16-9-12-24(13-10-16)20(25)18-8-11-22-19(14-18)21(26)23(2)15-17-6-4-3-5-7-17/h3-8,11,14,16H,9-10,12-13,15H2,1-2H3. The predicted octanol–water partition coefficient (Wildman–Crippen LogP) is 3.23. The van der Waals surface area contributed by atoms with Crippen LogP contribution in [-0.4, -0.2) is 46.7 Å². The van der Waals surface area contributed by atoms with Gasteiger partial charge in [-0.25, -0.2) is 0 Å². The Morgan fingerprint density at radius 2 is 1.85 bits per heavy atom. The van der Waals surface area contributed by atoms with Crippen LogP contribution < -0.4 is 0 Å². The second-order valence-corrected chi connectivity index (χ2v) is 7.05. The average molecular weight is 351 g/mol. The number of carbonyl (C=O) groups excluding carboxylic acids is 2. The summed E-state index contributed by atoms with van der Waals surface area (Å²) in [6.07, 6.45) is 3.61. The largest absolute Gasteiger partial charge is 0.339 e. The van der Waals surface area contributed by atoms with Crippen LogP contribution in [-0.2, 0) is 6.54 Å². The third-order valence-electron chi connectivity index (χ3n) is 4.91. The number of piperidine rings is 1. The summed E-state index contributed by atoms with van der Waals surface area (Å²) in [5.41, 5.74) is 1.89. The van der Waals surface area contributed by atoms with Crippen molar-refractivity contribution in [1.82, 2.24) is 14.8 Å². The molecule has 0 N–H and O–H groups in total. The van der Waals surface area contributed by atoms with Gasteiger partial charge in [-0.15, -0.1) is 0 Å². The lowest BCUT2D eigenvalue weighted by atomic mass is 9.98. The predicted molar refractivity (Wildman–Crippen MR) is 101 cm³/mol. The molecule has 2 amide bonds. The number of benzene rings is 1. The first-order valence-electron chi connectivity index (χ1n) is 9.09. The highest BCUT2D eigenvalue weighted by Gasteiger charge is 2.23. The van der Waals surface area contributed by atoms with Gasteiger partial charge in [0, 0.05) is 38.4 Å². The lowest BCUT2D eigenvalue weighted by Crippen LogP contribution is -2.38. The van der Waals surface area contributed by atoms with E-state index in [4.69, 9.17) is 0 Å². The lowest BCUT2D eigenvalue weighted by molar-refractivity contribution is 0.0697. The summed E-state index contributed by atoms with van der Waals surface area (Å²) in [6, 6.07) is 13.1. The van der Waals surface area contributed by atoms with Crippen molar-refractivity contribution in [3.8, 4) is 0 Å². The van der Waals surface area contributed by atoms with Crippen molar-refractivity contribution < 1.29 is 9.59 Å². The Labute approximate surface area is 154 Å². The van der Waals surface area contributed by atoms with Gasteiger partial charge in [0.25, 0.3) is 11.8 Å². The zero-order valence-electron chi connectivity index (χ0n) is 15.4. The molecular formula is C21H25N3O2. The average Bonchev–Trinajstić information content (AvgIpc) is 2.68. The minimum atomic E-state index is -0.184. The van der Waals surface area contributed by atoms with Crippen LogP contribution in [0.1, 0.15) is 46.2 Å². The molecule has 1 aromatic heterocycles. The summed E-state index contributed by atoms with van der Waals surface area (Å²) < 4.78 is 0. The van der Waals surface area contributed by atoms with Gasteiger partial charge in [0.15, 0.2) is 0 Å². The lowest BCUT2D eigenvalue weighted by Gasteiger charge is -2.30. The number of hydrogen-bond acceptors (Lipinski definition) is 3. The molecule has 0 aliphatic carbocycles. The van der Waals surface area contributed by atoms with Crippen molar-refractivity contribution in [3.05, 3.63) is 65.5 Å². The summed E-state index contributed by atoms with van der Waals surface area (Å²) in [5, 5.41) is 0. The number of nitrogens with zero attached hydrogens (tertiary/aromatic N) is 3. The summed E-state index contributed by atoms with van der Waals surface area (Å²) in [5.74, 6) is 0.468. The summed E-state index contributed by atoms with van der Waals surface area (Å²) >= 11 is 0. The second-order valence-electron chi connectivity index (χ2n) is 7.05. The van der Waals surface area contributed by atoms with Gasteiger partial charge in [0.2, 0.25) is 0 Å². The van der Waals surface area contributed by atoms with Crippen LogP contribution in [0, 0.1) is 5.92 Å². The van der Waals surface area contributed by atoms with Crippen LogP contribution in [0.15, 0.2) is 48.7 Å². The van der Waals surface area contributed by atoms with Gasteiger partial charge in [-0.2, -0.15) is 0 Å². The number of likely N-dealkylation sites (tertiary alicyclic amines) is 1. The van der Waals surface area contributed by atoms with Crippen molar-refractivity contribution in [2.24, 2.45) is 5.92 Å². The minimum absolute atomic E-state index is 0.0148. The molecule has 26 heavy (non-hydrogen) atoms. The van der Waals surface area contributed by atoms with E-state index in [0.717, 1.165) is 31.5 Å². The van der Waals surface area contributed by atoms with Gasteiger partial charge in [0.05, 0.1) is 0 Å². The number of rotatable bonds is 4. The van der Waals surface area contributed by atoms with Gasteiger partial charge in [-0.1, -0.05) is 37.3 Å². The molecule has 0 saturated carbocycles. The molecule has 3 rings (SSSR count). The molecule has 1 saturated heterocycles. The third-order valence-corrected chi connectivity index (χ3v) is 4.91. The van der Waals surface area contributed by atoms with E-state index < -0.39 is 0 Å². The summed E-state index contributed by atoms with van der Waals surface area (Å²) in [6.45, 7) is 4.27. The Hall–Kier alpha value is -2.69. The van der Waals surface area contributed by atoms with Crippen molar-refractivity contribution >= 4 is 11.8 Å². The Bertz CT molecular complexity index is 768. The van der Waals surface area contributed by atoms with E-state index in [1.807, 2.05) is 35.2 Å². The third kappa shape index (κ3) is 4.28. The maximum atomic E-state index is 12.7. The Balaban J connectivity index is 1.70. The molecule has 5 nitrogen and oxygen atoms in total. The molecule has 0 bridgehead atoms. The molecule has 0 atom stereocenters. The first-order chi connectivity index (χ1) is 12.5. The van der Waals surface area contributed by atoms with Crippen LogP contribution in [0.4, 0.5) is 0 Å². The highest BCUT2D eigenvalue weighted by atomic mass is 16.2. The molecule has 1 aromatic carbocycles. The number of aromatic nitrogens is 1. The number of amides is 2. The van der Waals surface area contributed by atoms with E-state index in [-0.39, 0.29) is 11.8 Å². The topological polar surface area (TPSA) is 53.5 Å². The van der Waals surface area contributed by atoms with Crippen LogP contribution in [0.25, 0.3) is 0 Å². The van der Waals surface area contributed by atoms with Crippen LogP contribution in [0.3, 0.4) is 0 Å². The fourth-order valence-corrected chi connectivity index (χ4v) is 3.20. The van der Waals surface area contributed by atoms with Crippen LogP contribution >= 0.6 is 0 Å². The zero-order valence-corrected chi connectivity index (χ0v) is 15.4. The number of pyridine rings is 1. The highest BCUT2D eigenvalue weighted by molar-refractivity contribution is 5.98. The van der Waals surface area contributed by atoms with Crippen molar-refractivity contribution in [1.29, 1.82) is 0 Å². The van der Waals surface area contributed by atoms with Crippen molar-refractivity contribution in [2.45, 2.75) is 26.3 Å². The maximum absolute atomic E-state index is 12.7. The molecule has 5 heteroatoms. The number of hydrogen-bond donors (Lipinski definition) is 0. The van der Waals surface area contributed by atoms with Gasteiger partial charge in [-0.05, 0) is 36.5 Å². The molecular weight excluding hydrogens is 326 g/mol. The van der Waals surface area contributed by atoms with Gasteiger partial charge in [-0.3, -0.25) is 14.6 Å². The molecule has 1 aliphatic rings. The maximum Gasteiger partial charge on any atom is 0.272 e. The Kier molecular flexibility index (Phi) is 5.66. The quantitative estimate of drug-likeness (QED) is 0.850. The van der Waals surface area contributed by atoms with E-state index in [0.29, 0.717) is 23.7 Å². The fourth-order valence-electron chi connectivity index (χ4n) is 3.20. The molecule has 0 radical (unpaired) electrons. The fraction of sp³-hybridized carbons (Fsp3) is 0.381.